The maximum atomic E-state index is 12.9. The van der Waals surface area contributed by atoms with E-state index in [0.29, 0.717) is 13.1 Å². The number of carboxylic acid groups (broad SMARTS) is 1. The Kier molecular flexibility index (Phi) is 4.63. The lowest BCUT2D eigenvalue weighted by atomic mass is 9.84. The van der Waals surface area contributed by atoms with E-state index in [-0.39, 0.29) is 46.9 Å². The molecule has 9 heteroatoms. The Labute approximate surface area is 146 Å². The number of carbonyl (C=O) groups excluding carboxylic acids is 1. The Morgan fingerprint density at radius 3 is 2.16 bits per heavy atom. The minimum atomic E-state index is -3.99. The topological polar surface area (TPSA) is 108 Å². The van der Waals surface area contributed by atoms with Crippen molar-refractivity contribution in [3.63, 3.8) is 0 Å². The van der Waals surface area contributed by atoms with Crippen LogP contribution in [0.2, 0.25) is 0 Å². The van der Waals surface area contributed by atoms with Gasteiger partial charge < -0.3 is 14.4 Å². The molecule has 8 nitrogen and oxygen atoms in total. The van der Waals surface area contributed by atoms with Crippen molar-refractivity contribution in [1.29, 1.82) is 0 Å². The predicted molar refractivity (Wildman–Crippen MR) is 87.8 cm³/mol. The van der Waals surface area contributed by atoms with Gasteiger partial charge in [-0.05, 0) is 26.7 Å². The first kappa shape index (κ1) is 17.9. The highest BCUT2D eigenvalue weighted by Crippen LogP contribution is 2.31. The molecule has 0 bridgehead atoms. The molecule has 3 rings (SSSR count). The molecule has 1 aromatic rings. The first-order chi connectivity index (χ1) is 11.7. The third kappa shape index (κ3) is 3.06. The molecular weight excluding hydrogens is 348 g/mol. The SMILES string of the molecule is Cc1oc(C)c(S(=O)(=O)N2CCN(C(=O)C3CCC3)CC2)c1C(=O)O. The van der Waals surface area contributed by atoms with Crippen molar-refractivity contribution >= 4 is 21.9 Å². The number of carboxylic acids is 1. The highest BCUT2D eigenvalue weighted by Gasteiger charge is 2.38. The molecule has 0 radical (unpaired) electrons. The van der Waals surface area contributed by atoms with E-state index < -0.39 is 16.0 Å². The third-order valence-electron chi connectivity index (χ3n) is 5.02. The van der Waals surface area contributed by atoms with Crippen molar-refractivity contribution in [2.24, 2.45) is 5.92 Å². The fraction of sp³-hybridized carbons (Fsp3) is 0.625. The molecule has 1 N–H and O–H groups in total. The van der Waals surface area contributed by atoms with Crippen LogP contribution in [0.15, 0.2) is 9.31 Å². The second-order valence-electron chi connectivity index (χ2n) is 6.58. The number of hydrogen-bond acceptors (Lipinski definition) is 5. The van der Waals surface area contributed by atoms with E-state index in [1.54, 1.807) is 4.90 Å². The van der Waals surface area contributed by atoms with Crippen molar-refractivity contribution in [2.45, 2.75) is 38.0 Å². The largest absolute Gasteiger partial charge is 0.478 e. The minimum absolute atomic E-state index is 0.0716. The highest BCUT2D eigenvalue weighted by atomic mass is 32.2. The van der Waals surface area contributed by atoms with E-state index in [1.165, 1.54) is 18.2 Å². The van der Waals surface area contributed by atoms with Crippen molar-refractivity contribution in [3.05, 3.63) is 17.1 Å². The van der Waals surface area contributed by atoms with Gasteiger partial charge in [-0.15, -0.1) is 0 Å². The van der Waals surface area contributed by atoms with Crippen LogP contribution in [0.4, 0.5) is 0 Å². The van der Waals surface area contributed by atoms with Gasteiger partial charge in [0, 0.05) is 32.1 Å². The zero-order chi connectivity index (χ0) is 18.4. The number of rotatable bonds is 4. The van der Waals surface area contributed by atoms with Crippen LogP contribution >= 0.6 is 0 Å². The van der Waals surface area contributed by atoms with Gasteiger partial charge >= 0.3 is 5.97 Å². The minimum Gasteiger partial charge on any atom is -0.478 e. The van der Waals surface area contributed by atoms with Gasteiger partial charge in [-0.2, -0.15) is 4.31 Å². The molecule has 1 saturated heterocycles. The molecule has 2 fully saturated rings. The van der Waals surface area contributed by atoms with Crippen LogP contribution in [0.5, 0.6) is 0 Å². The van der Waals surface area contributed by atoms with Crippen molar-refractivity contribution in [2.75, 3.05) is 26.2 Å². The summed E-state index contributed by atoms with van der Waals surface area (Å²) in [6.45, 7) is 3.85. The summed E-state index contributed by atoms with van der Waals surface area (Å²) >= 11 is 0. The van der Waals surface area contributed by atoms with Gasteiger partial charge in [-0.3, -0.25) is 4.79 Å². The summed E-state index contributed by atoms with van der Waals surface area (Å²) in [5, 5.41) is 9.34. The summed E-state index contributed by atoms with van der Waals surface area (Å²) in [6.07, 6.45) is 2.89. The molecular formula is C16H22N2O6S. The summed E-state index contributed by atoms with van der Waals surface area (Å²) in [5.41, 5.74) is -0.314. The lowest BCUT2D eigenvalue weighted by molar-refractivity contribution is -0.139. The summed E-state index contributed by atoms with van der Waals surface area (Å²) < 4.78 is 32.3. The van der Waals surface area contributed by atoms with Crippen LogP contribution in [-0.4, -0.2) is 60.8 Å². The van der Waals surface area contributed by atoms with Crippen LogP contribution in [0, 0.1) is 19.8 Å². The fourth-order valence-electron chi connectivity index (χ4n) is 3.41. The molecule has 1 aromatic heterocycles. The summed E-state index contributed by atoms with van der Waals surface area (Å²) in [4.78, 5) is 25.1. The van der Waals surface area contributed by atoms with Gasteiger partial charge in [0.2, 0.25) is 15.9 Å². The normalized spacial score (nSPS) is 19.7. The van der Waals surface area contributed by atoms with E-state index in [2.05, 4.69) is 0 Å². The molecule has 0 unspecified atom stereocenters. The predicted octanol–water partition coefficient (Wildman–Crippen LogP) is 1.23. The molecule has 138 valence electrons. The Balaban J connectivity index is 1.79. The number of furan rings is 1. The quantitative estimate of drug-likeness (QED) is 0.854. The third-order valence-corrected chi connectivity index (χ3v) is 7.07. The average molecular weight is 370 g/mol. The second-order valence-corrected chi connectivity index (χ2v) is 8.46. The smallest absolute Gasteiger partial charge is 0.340 e. The zero-order valence-electron chi connectivity index (χ0n) is 14.3. The molecule has 1 amide bonds. The summed E-state index contributed by atoms with van der Waals surface area (Å²) in [5.74, 6) is -0.998. The Hall–Kier alpha value is -1.87. The molecule has 0 atom stereocenters. The van der Waals surface area contributed by atoms with E-state index >= 15 is 0 Å². The summed E-state index contributed by atoms with van der Waals surface area (Å²) in [6, 6.07) is 0. The molecule has 2 heterocycles. The van der Waals surface area contributed by atoms with Crippen molar-refractivity contribution in [1.82, 2.24) is 9.21 Å². The standard InChI is InChI=1S/C16H22N2O6S/c1-10-13(16(20)21)14(11(2)24-10)25(22,23)18-8-6-17(7-9-18)15(19)12-4-3-5-12/h12H,3-9H2,1-2H3,(H,20,21). The number of aromatic carboxylic acids is 1. The number of aryl methyl sites for hydroxylation is 2. The maximum absolute atomic E-state index is 12.9. The van der Waals surface area contributed by atoms with E-state index in [9.17, 15) is 23.1 Å². The average Bonchev–Trinajstić information content (AvgIpc) is 2.80. The van der Waals surface area contributed by atoms with Crippen LogP contribution in [0.1, 0.15) is 41.1 Å². The number of sulfonamides is 1. The van der Waals surface area contributed by atoms with E-state index in [0.717, 1.165) is 19.3 Å². The molecule has 2 aliphatic rings. The van der Waals surface area contributed by atoms with Gasteiger partial charge in [-0.25, -0.2) is 13.2 Å². The van der Waals surface area contributed by atoms with Crippen molar-refractivity contribution in [3.8, 4) is 0 Å². The Morgan fingerprint density at radius 2 is 1.68 bits per heavy atom. The zero-order valence-corrected chi connectivity index (χ0v) is 15.1. The van der Waals surface area contributed by atoms with Crippen molar-refractivity contribution < 1.29 is 27.5 Å². The van der Waals surface area contributed by atoms with Gasteiger partial charge in [0.1, 0.15) is 22.0 Å². The highest BCUT2D eigenvalue weighted by molar-refractivity contribution is 7.89. The number of hydrogen-bond donors (Lipinski definition) is 1. The van der Waals surface area contributed by atoms with Gasteiger partial charge in [0.05, 0.1) is 0 Å². The second kappa shape index (κ2) is 6.45. The molecule has 0 aromatic carbocycles. The first-order valence-corrected chi connectivity index (χ1v) is 9.79. The van der Waals surface area contributed by atoms with E-state index in [4.69, 9.17) is 4.42 Å². The van der Waals surface area contributed by atoms with Gasteiger partial charge in [0.15, 0.2) is 0 Å². The van der Waals surface area contributed by atoms with Crippen LogP contribution in [-0.2, 0) is 14.8 Å². The van der Waals surface area contributed by atoms with Crippen LogP contribution in [0.25, 0.3) is 0 Å². The molecule has 0 spiro atoms. The lowest BCUT2D eigenvalue weighted by Gasteiger charge is -2.37. The molecule has 1 aliphatic carbocycles. The van der Waals surface area contributed by atoms with Crippen LogP contribution in [0.3, 0.4) is 0 Å². The maximum Gasteiger partial charge on any atom is 0.340 e. The number of nitrogens with zero attached hydrogens (tertiary/aromatic N) is 2. The van der Waals surface area contributed by atoms with E-state index in [1.807, 2.05) is 0 Å². The molecule has 25 heavy (non-hydrogen) atoms. The lowest BCUT2D eigenvalue weighted by Crippen LogP contribution is -2.52. The Bertz CT molecular complexity index is 801. The fourth-order valence-corrected chi connectivity index (χ4v) is 5.21. The molecule has 1 aliphatic heterocycles. The van der Waals surface area contributed by atoms with Gasteiger partial charge in [-0.1, -0.05) is 6.42 Å². The monoisotopic (exact) mass is 370 g/mol. The number of piperazine rings is 1. The van der Waals surface area contributed by atoms with Crippen LogP contribution < -0.4 is 0 Å². The Morgan fingerprint density at radius 1 is 1.08 bits per heavy atom. The molecule has 1 saturated carbocycles. The first-order valence-electron chi connectivity index (χ1n) is 8.35. The summed E-state index contributed by atoms with van der Waals surface area (Å²) in [7, 11) is -3.99. The number of carbonyl (C=O) groups is 2. The number of amides is 1. The van der Waals surface area contributed by atoms with Gasteiger partial charge in [0.25, 0.3) is 0 Å².